The van der Waals surface area contributed by atoms with Crippen LogP contribution in [0.25, 0.3) is 0 Å². The number of halogens is 3. The van der Waals surface area contributed by atoms with Gasteiger partial charge >= 0.3 is 6.18 Å². The average Bonchev–Trinajstić information content (AvgIpc) is 3.17. The number of likely N-dealkylation sites (tertiary alicyclic amines) is 1. The second-order valence-electron chi connectivity index (χ2n) is 8.65. The maximum Gasteiger partial charge on any atom is 0.417 e. The molecule has 1 aromatic carbocycles. The van der Waals surface area contributed by atoms with Crippen LogP contribution >= 0.6 is 0 Å². The summed E-state index contributed by atoms with van der Waals surface area (Å²) < 4.78 is 45.1. The highest BCUT2D eigenvalue weighted by molar-refractivity contribution is 5.83. The summed E-state index contributed by atoms with van der Waals surface area (Å²) in [6, 6.07) is 5.35. The molecule has 2 saturated heterocycles. The van der Waals surface area contributed by atoms with Gasteiger partial charge in [-0.25, -0.2) is 0 Å². The Morgan fingerprint density at radius 1 is 1.30 bits per heavy atom. The molecule has 1 aromatic rings. The van der Waals surface area contributed by atoms with E-state index in [9.17, 15) is 22.8 Å². The van der Waals surface area contributed by atoms with E-state index in [1.807, 2.05) is 4.90 Å². The Morgan fingerprint density at radius 3 is 2.58 bits per heavy atom. The number of ether oxygens (including phenoxy) is 1. The van der Waals surface area contributed by atoms with Crippen LogP contribution in [0, 0.1) is 22.7 Å². The fourth-order valence-corrected chi connectivity index (χ4v) is 4.92. The summed E-state index contributed by atoms with van der Waals surface area (Å²) in [6.07, 6.45) is -3.12. The lowest BCUT2D eigenvalue weighted by Gasteiger charge is -2.43. The lowest BCUT2D eigenvalue weighted by atomic mass is 9.70. The van der Waals surface area contributed by atoms with Gasteiger partial charge in [0.15, 0.2) is 0 Å². The van der Waals surface area contributed by atoms with Gasteiger partial charge in [-0.2, -0.15) is 18.4 Å². The number of methoxy groups -OCH3 is 1. The van der Waals surface area contributed by atoms with Gasteiger partial charge in [-0.1, -0.05) is 6.92 Å². The number of hydrogen-bond acceptors (Lipinski definition) is 5. The van der Waals surface area contributed by atoms with Crippen LogP contribution in [0.2, 0.25) is 0 Å². The molecule has 2 aliphatic rings. The zero-order chi connectivity index (χ0) is 24.2. The molecule has 1 atom stereocenters. The lowest BCUT2D eigenvalue weighted by Crippen LogP contribution is -2.49. The van der Waals surface area contributed by atoms with E-state index in [1.165, 1.54) is 12.1 Å². The van der Waals surface area contributed by atoms with Crippen LogP contribution in [-0.4, -0.2) is 63.2 Å². The highest BCUT2D eigenvalue weighted by Gasteiger charge is 2.52. The number of alkyl halides is 3. The third-order valence-corrected chi connectivity index (χ3v) is 6.78. The highest BCUT2D eigenvalue weighted by Crippen LogP contribution is 2.46. The van der Waals surface area contributed by atoms with Crippen molar-refractivity contribution in [2.45, 2.75) is 32.4 Å². The van der Waals surface area contributed by atoms with Gasteiger partial charge in [-0.05, 0) is 31.0 Å². The van der Waals surface area contributed by atoms with Crippen LogP contribution in [0.15, 0.2) is 18.2 Å². The molecule has 1 N–H and O–H groups in total. The number of piperidine rings is 1. The molecule has 2 aliphatic heterocycles. The van der Waals surface area contributed by atoms with Crippen molar-refractivity contribution in [1.29, 1.82) is 5.26 Å². The predicted molar refractivity (Wildman–Crippen MR) is 115 cm³/mol. The fraction of sp³-hybridized carbons (Fsp3) is 0.609. The molecule has 180 valence electrons. The normalized spacial score (nSPS) is 20.1. The SMILES string of the molecule is CCC(=O)N1CC(C(=O)NCCOC)C2(CCN(c3ccc(C#N)c(C(F)(F)F)c3)CC2)C1. The van der Waals surface area contributed by atoms with E-state index >= 15 is 0 Å². The zero-order valence-electron chi connectivity index (χ0n) is 18.9. The van der Waals surface area contributed by atoms with E-state index in [0.717, 1.165) is 6.07 Å². The van der Waals surface area contributed by atoms with E-state index in [4.69, 9.17) is 10.00 Å². The van der Waals surface area contributed by atoms with Crippen LogP contribution in [-0.2, 0) is 20.5 Å². The molecule has 0 aliphatic carbocycles. The molecule has 0 bridgehead atoms. The first-order valence-electron chi connectivity index (χ1n) is 11.1. The number of amides is 2. The Bertz CT molecular complexity index is 921. The lowest BCUT2D eigenvalue weighted by molar-refractivity contribution is -0.137. The molecule has 10 heteroatoms. The van der Waals surface area contributed by atoms with Gasteiger partial charge in [0.1, 0.15) is 0 Å². The van der Waals surface area contributed by atoms with Crippen molar-refractivity contribution in [2.24, 2.45) is 11.3 Å². The second-order valence-corrected chi connectivity index (χ2v) is 8.65. The Kier molecular flexibility index (Phi) is 7.52. The molecule has 2 fully saturated rings. The topological polar surface area (TPSA) is 85.7 Å². The van der Waals surface area contributed by atoms with Crippen LogP contribution < -0.4 is 10.2 Å². The molecule has 2 heterocycles. The van der Waals surface area contributed by atoms with Gasteiger partial charge in [0, 0.05) is 57.4 Å². The van der Waals surface area contributed by atoms with Crippen molar-refractivity contribution < 1.29 is 27.5 Å². The summed E-state index contributed by atoms with van der Waals surface area (Å²) in [6.45, 7) is 4.28. The summed E-state index contributed by atoms with van der Waals surface area (Å²) >= 11 is 0. The van der Waals surface area contributed by atoms with E-state index in [0.29, 0.717) is 64.3 Å². The predicted octanol–water partition coefficient (Wildman–Crippen LogP) is 2.79. The van der Waals surface area contributed by atoms with Crippen LogP contribution in [0.1, 0.15) is 37.3 Å². The van der Waals surface area contributed by atoms with Crippen molar-refractivity contribution in [3.63, 3.8) is 0 Å². The number of hydrogen-bond donors (Lipinski definition) is 1. The average molecular weight is 467 g/mol. The molecule has 2 amide bonds. The number of nitrogens with one attached hydrogen (secondary N) is 1. The minimum absolute atomic E-state index is 0.00842. The number of rotatable bonds is 6. The van der Waals surface area contributed by atoms with E-state index in [1.54, 1.807) is 25.0 Å². The molecule has 0 saturated carbocycles. The molecule has 0 aromatic heterocycles. The number of nitriles is 1. The number of anilines is 1. The van der Waals surface area contributed by atoms with Crippen molar-refractivity contribution >= 4 is 17.5 Å². The molecule has 1 spiro atoms. The van der Waals surface area contributed by atoms with Crippen molar-refractivity contribution in [2.75, 3.05) is 51.3 Å². The maximum atomic E-state index is 13.4. The smallest absolute Gasteiger partial charge is 0.383 e. The third kappa shape index (κ3) is 5.24. The van der Waals surface area contributed by atoms with Gasteiger partial charge in [-0.3, -0.25) is 9.59 Å². The van der Waals surface area contributed by atoms with Crippen molar-refractivity contribution in [1.82, 2.24) is 10.2 Å². The van der Waals surface area contributed by atoms with Crippen LogP contribution in [0.3, 0.4) is 0 Å². The van der Waals surface area contributed by atoms with Crippen molar-refractivity contribution in [3.05, 3.63) is 29.3 Å². The van der Waals surface area contributed by atoms with E-state index in [-0.39, 0.29) is 17.7 Å². The van der Waals surface area contributed by atoms with Crippen molar-refractivity contribution in [3.8, 4) is 6.07 Å². The number of benzene rings is 1. The fourth-order valence-electron chi connectivity index (χ4n) is 4.92. The monoisotopic (exact) mass is 466 g/mol. The summed E-state index contributed by atoms with van der Waals surface area (Å²) in [5, 5.41) is 11.9. The molecular weight excluding hydrogens is 437 g/mol. The summed E-state index contributed by atoms with van der Waals surface area (Å²) in [7, 11) is 1.55. The van der Waals surface area contributed by atoms with Gasteiger partial charge in [0.2, 0.25) is 11.8 Å². The Balaban J connectivity index is 1.79. The first-order valence-corrected chi connectivity index (χ1v) is 11.1. The Hall–Kier alpha value is -2.80. The van der Waals surface area contributed by atoms with Gasteiger partial charge in [0.25, 0.3) is 0 Å². The molecule has 7 nitrogen and oxygen atoms in total. The Morgan fingerprint density at radius 2 is 2.00 bits per heavy atom. The quantitative estimate of drug-likeness (QED) is 0.652. The van der Waals surface area contributed by atoms with Gasteiger partial charge in [0.05, 0.1) is 29.7 Å². The molecule has 1 unspecified atom stereocenters. The molecule has 33 heavy (non-hydrogen) atoms. The largest absolute Gasteiger partial charge is 0.417 e. The summed E-state index contributed by atoms with van der Waals surface area (Å²) in [5.41, 5.74) is -1.37. The van der Waals surface area contributed by atoms with Crippen LogP contribution in [0.5, 0.6) is 0 Å². The van der Waals surface area contributed by atoms with Gasteiger partial charge < -0.3 is 19.9 Å². The Labute approximate surface area is 191 Å². The number of nitrogens with zero attached hydrogens (tertiary/aromatic N) is 3. The van der Waals surface area contributed by atoms with E-state index < -0.39 is 22.7 Å². The van der Waals surface area contributed by atoms with E-state index in [2.05, 4.69) is 5.32 Å². The second kappa shape index (κ2) is 10.00. The standard InChI is InChI=1S/C23H29F3N4O3/c1-3-20(31)30-14-19(21(32)28-8-11-33-2)22(15-30)6-9-29(10-7-22)17-5-4-16(13-27)18(12-17)23(24,25)26/h4-5,12,19H,3,6-11,14-15H2,1-2H3,(H,28,32). The molecule has 0 radical (unpaired) electrons. The van der Waals surface area contributed by atoms with Crippen LogP contribution in [0.4, 0.5) is 18.9 Å². The maximum absolute atomic E-state index is 13.4. The number of carbonyl (C=O) groups is 2. The molecular formula is C23H29F3N4O3. The minimum Gasteiger partial charge on any atom is -0.383 e. The summed E-state index contributed by atoms with van der Waals surface area (Å²) in [5.74, 6) is -0.505. The summed E-state index contributed by atoms with van der Waals surface area (Å²) in [4.78, 5) is 28.9. The van der Waals surface area contributed by atoms with Gasteiger partial charge in [-0.15, -0.1) is 0 Å². The minimum atomic E-state index is -4.62. The third-order valence-electron chi connectivity index (χ3n) is 6.78. The zero-order valence-corrected chi connectivity index (χ0v) is 18.9. The first-order chi connectivity index (χ1) is 15.6. The number of carbonyl (C=O) groups excluding carboxylic acids is 2. The molecule has 3 rings (SSSR count). The highest BCUT2D eigenvalue weighted by atomic mass is 19.4. The first kappa shape index (κ1) is 24.8.